The van der Waals surface area contributed by atoms with Gasteiger partial charge in [0.2, 0.25) is 11.7 Å². The first kappa shape index (κ1) is 28.2. The van der Waals surface area contributed by atoms with E-state index in [1.807, 2.05) is 0 Å². The van der Waals surface area contributed by atoms with Gasteiger partial charge in [0.05, 0.1) is 12.1 Å². The predicted octanol–water partition coefficient (Wildman–Crippen LogP) is -0.220. The van der Waals surface area contributed by atoms with E-state index in [0.29, 0.717) is 6.42 Å². The number of aliphatic imine (C=N–C) groups is 1. The van der Waals surface area contributed by atoms with Gasteiger partial charge in [-0.05, 0) is 12.5 Å². The molecule has 12 nitrogen and oxygen atoms in total. The van der Waals surface area contributed by atoms with E-state index in [2.05, 4.69) is 17.2 Å². The molecule has 1 aliphatic heterocycles. The molecule has 188 valence electrons. The van der Waals surface area contributed by atoms with E-state index in [-0.39, 0.29) is 12.4 Å². The van der Waals surface area contributed by atoms with Crippen molar-refractivity contribution in [1.29, 1.82) is 0 Å². The number of nitrogens with one attached hydrogen (secondary N) is 1. The molecule has 0 saturated heterocycles. The lowest BCUT2D eigenvalue weighted by Crippen LogP contribution is -2.60. The molecule has 0 aromatic carbocycles. The number of unbranched alkanes of at least 4 members (excludes halogenated alkanes) is 4. The Morgan fingerprint density at radius 2 is 1.94 bits per heavy atom. The van der Waals surface area contributed by atoms with Crippen molar-refractivity contribution in [3.63, 3.8) is 0 Å². The number of guanidine groups is 1. The van der Waals surface area contributed by atoms with Gasteiger partial charge >= 0.3 is 11.9 Å². The molecule has 12 heteroatoms. The first-order valence-corrected chi connectivity index (χ1v) is 10.9. The molecule has 1 amide bonds. The summed E-state index contributed by atoms with van der Waals surface area (Å²) in [6.45, 7) is 2.95. The van der Waals surface area contributed by atoms with Crippen LogP contribution >= 0.6 is 0 Å². The average molecular weight is 475 g/mol. The number of carboxylic acids is 1. The van der Waals surface area contributed by atoms with Crippen LogP contribution in [0.25, 0.3) is 0 Å². The average Bonchev–Trinajstić information content (AvgIpc) is 2.73. The number of carboxylic acid groups (broad SMARTS) is 1. The molecule has 1 rings (SSSR count). The summed E-state index contributed by atoms with van der Waals surface area (Å²) in [4.78, 5) is 39.3. The van der Waals surface area contributed by atoms with Crippen LogP contribution in [0.5, 0.6) is 0 Å². The third-order valence-corrected chi connectivity index (χ3v) is 5.06. The molecule has 1 aliphatic rings. The number of aliphatic hydroxyl groups is 1. The Kier molecular flexibility index (Phi) is 12.2. The lowest BCUT2D eigenvalue weighted by molar-refractivity contribution is -0.159. The van der Waals surface area contributed by atoms with Crippen LogP contribution in [0.3, 0.4) is 0 Å². The highest BCUT2D eigenvalue weighted by Gasteiger charge is 2.45. The predicted molar refractivity (Wildman–Crippen MR) is 119 cm³/mol. The molecule has 0 unspecified atom stereocenters. The van der Waals surface area contributed by atoms with Crippen LogP contribution in [0.15, 0.2) is 16.8 Å². The third-order valence-electron chi connectivity index (χ3n) is 5.06. The van der Waals surface area contributed by atoms with E-state index in [9.17, 15) is 24.6 Å². The Bertz CT molecular complexity index is 723. The van der Waals surface area contributed by atoms with Gasteiger partial charge in [-0.3, -0.25) is 9.59 Å². The fourth-order valence-corrected chi connectivity index (χ4v) is 3.53. The molecule has 7 N–H and O–H groups in total. The number of hydrogen-bond acceptors (Lipinski definition) is 8. The number of ether oxygens (including phenoxy) is 3. The largest absolute Gasteiger partial charge is 0.478 e. The summed E-state index contributed by atoms with van der Waals surface area (Å²) >= 11 is 0. The van der Waals surface area contributed by atoms with Crippen molar-refractivity contribution in [3.8, 4) is 0 Å². The normalized spacial score (nSPS) is 21.7. The van der Waals surface area contributed by atoms with E-state index < -0.39 is 60.6 Å². The van der Waals surface area contributed by atoms with E-state index >= 15 is 0 Å². The summed E-state index contributed by atoms with van der Waals surface area (Å²) in [5.41, 5.74) is 10.9. The Balaban J connectivity index is 2.94. The number of hydrogen-bond donors (Lipinski definition) is 5. The molecular weight excluding hydrogens is 438 g/mol. The molecule has 0 aliphatic carbocycles. The lowest BCUT2D eigenvalue weighted by Gasteiger charge is -2.40. The van der Waals surface area contributed by atoms with Crippen molar-refractivity contribution in [1.82, 2.24) is 5.32 Å². The minimum atomic E-state index is -1.39. The number of carbonyl (C=O) groups is 3. The van der Waals surface area contributed by atoms with Gasteiger partial charge in [0.25, 0.3) is 0 Å². The summed E-state index contributed by atoms with van der Waals surface area (Å²) in [6, 6.07) is -1.97. The smallest absolute Gasteiger partial charge is 0.370 e. The standard InChI is InChI=1S/C21H36N4O8/c1-4-5-6-7-8-9-16(28)32-11-14(27)18(31-3)19-17(24-12(2)26)13(25-21(22)23)10-15(33-19)20(29)30/h10,13-14,17-19,27H,4-9,11H2,1-3H3,(H,24,26)(H,29,30)(H4,22,23,25)/t13-,14+,17+,18+,19+/m0/s1/i21+2. The van der Waals surface area contributed by atoms with Crippen LogP contribution < -0.4 is 16.8 Å². The number of rotatable bonds is 14. The molecule has 0 fully saturated rings. The number of aliphatic carboxylic acids is 1. The minimum absolute atomic E-state index is 0.223. The lowest BCUT2D eigenvalue weighted by atomic mass is 9.92. The summed E-state index contributed by atoms with van der Waals surface area (Å²) < 4.78 is 16.0. The van der Waals surface area contributed by atoms with Crippen LogP contribution in [-0.4, -0.2) is 78.1 Å². The van der Waals surface area contributed by atoms with Crippen molar-refractivity contribution in [2.75, 3.05) is 13.7 Å². The zero-order valence-corrected chi connectivity index (χ0v) is 19.4. The first-order valence-electron chi connectivity index (χ1n) is 10.9. The quantitative estimate of drug-likeness (QED) is 0.0971. The number of methoxy groups -OCH3 is 1. The molecule has 5 atom stereocenters. The van der Waals surface area contributed by atoms with Gasteiger partial charge in [0, 0.05) is 20.5 Å². The second-order valence-electron chi connectivity index (χ2n) is 7.80. The zero-order chi connectivity index (χ0) is 25.0. The van der Waals surface area contributed by atoms with Gasteiger partial charge in [-0.1, -0.05) is 32.6 Å². The number of amides is 1. The van der Waals surface area contributed by atoms with Crippen molar-refractivity contribution in [2.45, 2.75) is 82.8 Å². The number of nitrogens with two attached hydrogens (primary N) is 2. The minimum Gasteiger partial charge on any atom is -0.478 e. The van der Waals surface area contributed by atoms with Crippen molar-refractivity contribution >= 4 is 23.8 Å². The number of carbonyl (C=O) groups excluding carboxylic acids is 2. The SMILES string of the molecule is CCCCCCCC(=O)OC[C@@H](O)[C@@H](OC)[C@@H]1OC(C(=O)O)=C[C@H](N=[14C](N)N)[C@H]1NC(C)=O. The van der Waals surface area contributed by atoms with Gasteiger partial charge in [-0.25, -0.2) is 9.79 Å². The van der Waals surface area contributed by atoms with Crippen LogP contribution in [0, 0.1) is 0 Å². The van der Waals surface area contributed by atoms with Gasteiger partial charge in [0.15, 0.2) is 12.1 Å². The third kappa shape index (κ3) is 9.66. The number of nitrogens with zero attached hydrogens (tertiary/aromatic N) is 1. The monoisotopic (exact) mass is 474 g/mol. The van der Waals surface area contributed by atoms with Crippen molar-refractivity contribution < 1.29 is 38.8 Å². The van der Waals surface area contributed by atoms with Crippen molar-refractivity contribution in [2.24, 2.45) is 16.5 Å². The molecule has 0 aromatic rings. The second-order valence-corrected chi connectivity index (χ2v) is 7.80. The van der Waals surface area contributed by atoms with Crippen molar-refractivity contribution in [3.05, 3.63) is 11.8 Å². The summed E-state index contributed by atoms with van der Waals surface area (Å²) in [5, 5.41) is 22.7. The van der Waals surface area contributed by atoms with Crippen LogP contribution in [0.2, 0.25) is 0 Å². The highest BCUT2D eigenvalue weighted by molar-refractivity contribution is 5.85. The molecule has 0 bridgehead atoms. The van der Waals surface area contributed by atoms with Gasteiger partial charge < -0.3 is 41.2 Å². The Morgan fingerprint density at radius 1 is 1.27 bits per heavy atom. The maximum absolute atomic E-state index is 12.0. The highest BCUT2D eigenvalue weighted by atomic mass is 16.6. The van der Waals surface area contributed by atoms with E-state index in [1.165, 1.54) is 14.0 Å². The zero-order valence-electron chi connectivity index (χ0n) is 19.4. The Labute approximate surface area is 193 Å². The van der Waals surface area contributed by atoms with E-state index in [0.717, 1.165) is 31.8 Å². The number of aliphatic hydroxyl groups excluding tert-OH is 1. The van der Waals surface area contributed by atoms with E-state index in [1.54, 1.807) is 0 Å². The van der Waals surface area contributed by atoms with Crippen LogP contribution in [-0.2, 0) is 28.6 Å². The highest BCUT2D eigenvalue weighted by Crippen LogP contribution is 2.26. The molecule has 0 spiro atoms. The molecule has 33 heavy (non-hydrogen) atoms. The molecule has 1 heterocycles. The van der Waals surface area contributed by atoms with Crippen LogP contribution in [0.4, 0.5) is 0 Å². The maximum Gasteiger partial charge on any atom is 0.370 e. The first-order chi connectivity index (χ1) is 15.6. The summed E-state index contributed by atoms with van der Waals surface area (Å²) in [5.74, 6) is -3.13. The molecular formula is C21H36N4O8. The van der Waals surface area contributed by atoms with Gasteiger partial charge in [-0.15, -0.1) is 0 Å². The molecule has 0 saturated carbocycles. The topological polar surface area (TPSA) is 196 Å². The van der Waals surface area contributed by atoms with Gasteiger partial charge in [-0.2, -0.15) is 0 Å². The van der Waals surface area contributed by atoms with E-state index in [4.69, 9.17) is 25.7 Å². The fourth-order valence-electron chi connectivity index (χ4n) is 3.53. The fraction of sp³-hybridized carbons (Fsp3) is 0.714. The van der Waals surface area contributed by atoms with Crippen LogP contribution in [0.1, 0.15) is 52.4 Å². The summed E-state index contributed by atoms with van der Waals surface area (Å²) in [7, 11) is 1.27. The Morgan fingerprint density at radius 3 is 2.48 bits per heavy atom. The second kappa shape index (κ2) is 14.3. The molecule has 0 aromatic heterocycles. The summed E-state index contributed by atoms with van der Waals surface area (Å²) in [6.07, 6.45) is 2.45. The number of esters is 1. The maximum atomic E-state index is 12.0. The van der Waals surface area contributed by atoms with Gasteiger partial charge in [0.1, 0.15) is 18.8 Å². The Hall–Kier alpha value is -2.86. The molecule has 0 radical (unpaired) electrons.